The molecule has 0 saturated heterocycles. The Kier molecular flexibility index (Phi) is 7.85. The number of para-hydroxylation sites is 6. The molecular formula is C63H36N6O. The zero-order valence-corrected chi connectivity index (χ0v) is 37.4. The van der Waals surface area contributed by atoms with E-state index in [-0.39, 0.29) is 0 Å². The van der Waals surface area contributed by atoms with Crippen LogP contribution in [0.5, 0.6) is 0 Å². The molecule has 0 bridgehead atoms. The molecule has 0 spiro atoms. The summed E-state index contributed by atoms with van der Waals surface area (Å²) in [5.41, 5.74) is 16.1. The van der Waals surface area contributed by atoms with Crippen LogP contribution < -0.4 is 4.90 Å². The summed E-state index contributed by atoms with van der Waals surface area (Å²) in [7, 11) is 0. The van der Waals surface area contributed by atoms with Crippen molar-refractivity contribution in [2.75, 3.05) is 4.90 Å². The highest BCUT2D eigenvalue weighted by Crippen LogP contribution is 2.51. The van der Waals surface area contributed by atoms with Gasteiger partial charge in [-0.25, -0.2) is 0 Å². The van der Waals surface area contributed by atoms with Crippen LogP contribution in [0.15, 0.2) is 211 Å². The van der Waals surface area contributed by atoms with E-state index in [1.54, 1.807) is 0 Å². The minimum atomic E-state index is 0.436. The molecule has 0 amide bonds. The van der Waals surface area contributed by atoms with Crippen molar-refractivity contribution in [2.24, 2.45) is 0 Å². The van der Waals surface area contributed by atoms with Crippen LogP contribution in [0.3, 0.4) is 0 Å². The topological polar surface area (TPSA) is 78.8 Å². The second-order valence-electron chi connectivity index (χ2n) is 18.2. The maximum atomic E-state index is 11.5. The van der Waals surface area contributed by atoms with Crippen LogP contribution in [0.4, 0.5) is 17.1 Å². The quantitative estimate of drug-likeness (QED) is 0.176. The predicted octanol–water partition coefficient (Wildman–Crippen LogP) is 16.0. The molecule has 7 nitrogen and oxygen atoms in total. The smallest absolute Gasteiger partial charge is 0.141 e. The largest absolute Gasteiger partial charge is 0.456 e. The average molecular weight is 893 g/mol. The van der Waals surface area contributed by atoms with Gasteiger partial charge in [0.2, 0.25) is 0 Å². The van der Waals surface area contributed by atoms with Gasteiger partial charge in [-0.15, -0.1) is 0 Å². The molecule has 1 aliphatic heterocycles. The van der Waals surface area contributed by atoms with E-state index in [2.05, 4.69) is 195 Å². The Hall–Kier alpha value is -9.82. The van der Waals surface area contributed by atoms with Gasteiger partial charge in [-0.1, -0.05) is 121 Å². The molecule has 0 unspecified atom stereocenters. The summed E-state index contributed by atoms with van der Waals surface area (Å²) in [6.45, 7) is 0. The summed E-state index contributed by atoms with van der Waals surface area (Å²) < 4.78 is 13.7. The van der Waals surface area contributed by atoms with Gasteiger partial charge in [0.1, 0.15) is 23.3 Å². The number of nitrogens with zero attached hydrogens (tertiary/aromatic N) is 6. The van der Waals surface area contributed by atoms with E-state index in [0.29, 0.717) is 28.9 Å². The lowest BCUT2D eigenvalue weighted by atomic mass is 9.92. The zero-order chi connectivity index (χ0) is 46.2. The Bertz CT molecular complexity index is 4610. The van der Waals surface area contributed by atoms with Gasteiger partial charge in [-0.2, -0.15) is 10.5 Å². The molecule has 10 aromatic carbocycles. The number of hydrogen-bond acceptors (Lipinski definition) is 4. The molecule has 70 heavy (non-hydrogen) atoms. The molecule has 7 heteroatoms. The number of fused-ring (bicyclic) bond motifs is 16. The first-order valence-corrected chi connectivity index (χ1v) is 23.5. The molecule has 1 aliphatic rings. The summed E-state index contributed by atoms with van der Waals surface area (Å²) >= 11 is 0. The third-order valence-electron chi connectivity index (χ3n) is 14.7. The van der Waals surface area contributed by atoms with Gasteiger partial charge >= 0.3 is 0 Å². The molecule has 0 fully saturated rings. The Morgan fingerprint density at radius 2 is 0.871 bits per heavy atom. The van der Waals surface area contributed by atoms with Crippen molar-refractivity contribution in [2.45, 2.75) is 6.42 Å². The highest BCUT2D eigenvalue weighted by Gasteiger charge is 2.32. The monoisotopic (exact) mass is 892 g/mol. The summed E-state index contributed by atoms with van der Waals surface area (Å²) in [6, 6.07) is 77.1. The second-order valence-corrected chi connectivity index (χ2v) is 18.2. The standard InChI is InChI=1S/C63H36N6O/c64-36-39-35-59(69-56-24-12-7-19-46(56)49-28-27-48-45-18-6-11-23-55(45)67(61(48)62(49)69)41-14-2-1-3-15-41)40(37-65)34-58(39)68-52-30-26-42(66-53-21-9-4-16-43(53)44-17-5-10-22-54(44)66)32-38(52)33-51-57(68)31-29-50-47-20-8-13-25-60(47)70-63(50)51/h1-32,34-35H,33H2. The van der Waals surface area contributed by atoms with Crippen LogP contribution in [0, 0.1) is 22.7 Å². The molecule has 0 atom stereocenters. The fraction of sp³-hybridized carbons (Fsp3) is 0.0159. The summed E-state index contributed by atoms with van der Waals surface area (Å²) in [6.07, 6.45) is 0.598. The number of furan rings is 1. The lowest BCUT2D eigenvalue weighted by Crippen LogP contribution is -2.20. The first-order valence-electron chi connectivity index (χ1n) is 23.5. The summed E-state index contributed by atoms with van der Waals surface area (Å²) in [4.78, 5) is 2.18. The lowest BCUT2D eigenvalue weighted by Gasteiger charge is -2.34. The van der Waals surface area contributed by atoms with Gasteiger partial charge in [0.15, 0.2) is 0 Å². The van der Waals surface area contributed by atoms with Crippen LogP contribution in [0.2, 0.25) is 0 Å². The van der Waals surface area contributed by atoms with E-state index in [1.165, 1.54) is 10.8 Å². The van der Waals surface area contributed by atoms with E-state index >= 15 is 0 Å². The van der Waals surface area contributed by atoms with Crippen molar-refractivity contribution in [3.8, 4) is 29.2 Å². The zero-order valence-electron chi connectivity index (χ0n) is 37.4. The molecule has 4 aromatic heterocycles. The van der Waals surface area contributed by atoms with E-state index in [1.807, 2.05) is 42.5 Å². The van der Waals surface area contributed by atoms with Gasteiger partial charge in [0.25, 0.3) is 0 Å². The van der Waals surface area contributed by atoms with Crippen LogP contribution in [0.25, 0.3) is 104 Å². The Balaban J connectivity index is 1.01. The SMILES string of the molecule is N#Cc1cc(-n2c3ccccc3c3ccc4c5ccccc5n(-c5ccccc5)c4c32)c(C#N)cc1N1c2ccc(-n3c4ccccc4c4ccccc43)cc2Cc2c1ccc1c2oc2ccccc21. The van der Waals surface area contributed by atoms with E-state index in [0.717, 1.165) is 110 Å². The van der Waals surface area contributed by atoms with Crippen molar-refractivity contribution in [3.05, 3.63) is 229 Å². The molecule has 0 radical (unpaired) electrons. The van der Waals surface area contributed by atoms with Crippen molar-refractivity contribution < 1.29 is 4.42 Å². The number of hydrogen-bond donors (Lipinski definition) is 0. The van der Waals surface area contributed by atoms with Crippen LogP contribution >= 0.6 is 0 Å². The summed E-state index contributed by atoms with van der Waals surface area (Å²) in [5.74, 6) is 0. The normalized spacial score (nSPS) is 12.5. The predicted molar refractivity (Wildman–Crippen MR) is 284 cm³/mol. The Morgan fingerprint density at radius 3 is 1.53 bits per heavy atom. The van der Waals surface area contributed by atoms with Gasteiger partial charge in [-0.05, 0) is 90.5 Å². The maximum Gasteiger partial charge on any atom is 0.141 e. The highest BCUT2D eigenvalue weighted by atomic mass is 16.3. The molecule has 0 saturated carbocycles. The Morgan fingerprint density at radius 1 is 0.371 bits per heavy atom. The minimum absolute atomic E-state index is 0.436. The third-order valence-corrected chi connectivity index (χ3v) is 14.7. The number of anilines is 3. The maximum absolute atomic E-state index is 11.5. The van der Waals surface area contributed by atoms with E-state index in [9.17, 15) is 10.5 Å². The number of rotatable bonds is 4. The summed E-state index contributed by atoms with van der Waals surface area (Å²) in [5, 5.41) is 31.7. The molecular weight excluding hydrogens is 857 g/mol. The number of nitriles is 2. The molecule has 15 rings (SSSR count). The van der Waals surface area contributed by atoms with Gasteiger partial charge in [0.05, 0.1) is 61.3 Å². The molecule has 0 aliphatic carbocycles. The van der Waals surface area contributed by atoms with Gasteiger partial charge in [0, 0.05) is 72.1 Å². The number of aromatic nitrogens is 3. The van der Waals surface area contributed by atoms with Crippen molar-refractivity contribution in [3.63, 3.8) is 0 Å². The van der Waals surface area contributed by atoms with E-state index in [4.69, 9.17) is 4.42 Å². The lowest BCUT2D eigenvalue weighted by molar-refractivity contribution is 0.663. The van der Waals surface area contributed by atoms with Crippen molar-refractivity contribution in [1.29, 1.82) is 10.5 Å². The fourth-order valence-corrected chi connectivity index (χ4v) is 11.8. The minimum Gasteiger partial charge on any atom is -0.456 e. The first-order chi connectivity index (χ1) is 34.7. The van der Waals surface area contributed by atoms with Crippen LogP contribution in [-0.4, -0.2) is 13.7 Å². The van der Waals surface area contributed by atoms with Crippen molar-refractivity contribution >= 4 is 104 Å². The Labute approximate surface area is 400 Å². The van der Waals surface area contributed by atoms with Gasteiger partial charge < -0.3 is 23.0 Å². The molecule has 0 N–H and O–H groups in total. The highest BCUT2D eigenvalue weighted by molar-refractivity contribution is 6.24. The third kappa shape index (κ3) is 5.15. The average Bonchev–Trinajstić information content (AvgIpc) is 4.17. The molecule has 14 aromatic rings. The molecule has 5 heterocycles. The molecule has 324 valence electrons. The number of benzene rings is 10. The van der Waals surface area contributed by atoms with Gasteiger partial charge in [-0.3, -0.25) is 0 Å². The van der Waals surface area contributed by atoms with Crippen molar-refractivity contribution in [1.82, 2.24) is 13.7 Å². The first kappa shape index (κ1) is 38.3. The van der Waals surface area contributed by atoms with E-state index < -0.39 is 0 Å². The van der Waals surface area contributed by atoms with Crippen LogP contribution in [0.1, 0.15) is 22.3 Å². The van der Waals surface area contributed by atoms with Crippen LogP contribution in [-0.2, 0) is 6.42 Å². The fourth-order valence-electron chi connectivity index (χ4n) is 11.8. The second kappa shape index (κ2) is 14.3.